The molecule has 0 aliphatic heterocycles. The Kier molecular flexibility index (Phi) is 12.0. The van der Waals surface area contributed by atoms with Crippen molar-refractivity contribution in [1.82, 2.24) is 0 Å². The van der Waals surface area contributed by atoms with Gasteiger partial charge in [0.05, 0.1) is 34.5 Å². The molecule has 0 unspecified atom stereocenters. The first-order chi connectivity index (χ1) is 12.9. The highest BCUT2D eigenvalue weighted by Crippen LogP contribution is 2.11. The minimum atomic E-state index is -4.20. The van der Waals surface area contributed by atoms with Crippen LogP contribution in [0.2, 0.25) is 0 Å². The van der Waals surface area contributed by atoms with Gasteiger partial charge in [-0.25, -0.2) is 13.2 Å². The van der Waals surface area contributed by atoms with Gasteiger partial charge in [-0.15, -0.1) is 0 Å². The van der Waals surface area contributed by atoms with Crippen LogP contribution in [0.5, 0.6) is 0 Å². The monoisotopic (exact) mass is 450 g/mol. The van der Waals surface area contributed by atoms with Crippen LogP contribution in [-0.4, -0.2) is 75.2 Å². The normalized spacial score (nSPS) is 12.0. The van der Waals surface area contributed by atoms with Gasteiger partial charge in [0.1, 0.15) is 17.7 Å². The van der Waals surface area contributed by atoms with Gasteiger partial charge in [-0.3, -0.25) is 18.0 Å². The molecule has 0 spiro atoms. The van der Waals surface area contributed by atoms with Crippen molar-refractivity contribution in [2.75, 3.05) is 34.5 Å². The van der Waals surface area contributed by atoms with Gasteiger partial charge in [-0.05, 0) is 0 Å². The molecule has 0 aromatic carbocycles. The molecule has 0 rings (SSSR count). The molecular formula is C13H22O13S2. The smallest absolute Gasteiger partial charge is 0.438 e. The van der Waals surface area contributed by atoms with Crippen molar-refractivity contribution >= 4 is 38.5 Å². The molecule has 0 saturated carbocycles. The number of ether oxygens (including phenoxy) is 2. The van der Waals surface area contributed by atoms with Gasteiger partial charge in [0.25, 0.3) is 0 Å². The van der Waals surface area contributed by atoms with E-state index in [4.69, 9.17) is 4.74 Å². The minimum absolute atomic E-state index is 0.354. The molecule has 0 aromatic rings. The first kappa shape index (κ1) is 26.4. The molecule has 0 fully saturated rings. The Morgan fingerprint density at radius 1 is 0.750 bits per heavy atom. The van der Waals surface area contributed by atoms with Gasteiger partial charge < -0.3 is 9.47 Å². The lowest BCUT2D eigenvalue weighted by atomic mass is 10.0. The van der Waals surface area contributed by atoms with E-state index in [1.807, 2.05) is 0 Å². The molecular weight excluding hydrogens is 428 g/mol. The van der Waals surface area contributed by atoms with E-state index in [2.05, 4.69) is 21.5 Å². The largest absolute Gasteiger partial charge is 0.508 e. The minimum Gasteiger partial charge on any atom is -0.438 e. The number of carbonyl (C=O) groups excluding carboxylic acids is 3. The van der Waals surface area contributed by atoms with Crippen LogP contribution in [0.4, 0.5) is 4.79 Å². The molecule has 0 aliphatic carbocycles. The van der Waals surface area contributed by atoms with Crippen LogP contribution in [0.15, 0.2) is 0 Å². The number of ketones is 2. The Labute approximate surface area is 162 Å². The van der Waals surface area contributed by atoms with Crippen LogP contribution < -0.4 is 0 Å². The van der Waals surface area contributed by atoms with Crippen molar-refractivity contribution in [2.24, 2.45) is 0 Å². The lowest BCUT2D eigenvalue weighted by molar-refractivity contribution is -0.124. The Morgan fingerprint density at radius 2 is 1.14 bits per heavy atom. The van der Waals surface area contributed by atoms with E-state index in [1.165, 1.54) is 0 Å². The molecule has 0 saturated heterocycles. The van der Waals surface area contributed by atoms with E-state index in [-0.39, 0.29) is 12.8 Å². The number of carbonyl (C=O) groups is 3. The summed E-state index contributed by atoms with van der Waals surface area (Å²) in [5.41, 5.74) is 0. The van der Waals surface area contributed by atoms with Crippen LogP contribution in [0, 0.1) is 0 Å². The topological polar surface area (TPSA) is 175 Å². The van der Waals surface area contributed by atoms with Crippen LogP contribution in [-0.2, 0) is 56.6 Å². The second-order valence-corrected chi connectivity index (χ2v) is 7.74. The van der Waals surface area contributed by atoms with E-state index in [1.54, 1.807) is 0 Å². The quantitative estimate of drug-likeness (QED) is 0.296. The summed E-state index contributed by atoms with van der Waals surface area (Å²) in [7, 11) is -5.61. The van der Waals surface area contributed by atoms with Crippen molar-refractivity contribution in [3.8, 4) is 0 Å². The van der Waals surface area contributed by atoms with Gasteiger partial charge >= 0.3 is 27.0 Å². The van der Waals surface area contributed by atoms with Crippen molar-refractivity contribution in [2.45, 2.75) is 31.8 Å². The van der Waals surface area contributed by atoms with E-state index in [9.17, 15) is 31.2 Å². The van der Waals surface area contributed by atoms with Gasteiger partial charge in [-0.1, -0.05) is 0 Å². The zero-order valence-corrected chi connectivity index (χ0v) is 17.1. The average Bonchev–Trinajstić information content (AvgIpc) is 2.61. The molecule has 164 valence electrons. The second kappa shape index (κ2) is 12.7. The third-order valence-corrected chi connectivity index (χ3v) is 4.69. The molecule has 0 N–H and O–H groups in total. The predicted octanol–water partition coefficient (Wildman–Crippen LogP) is -0.348. The van der Waals surface area contributed by atoms with Gasteiger partial charge in [0.15, 0.2) is 0 Å². The highest BCUT2D eigenvalue weighted by molar-refractivity contribution is 7.82. The van der Waals surface area contributed by atoms with Crippen molar-refractivity contribution in [3.05, 3.63) is 0 Å². The van der Waals surface area contributed by atoms with Crippen LogP contribution in [0.1, 0.15) is 25.7 Å². The van der Waals surface area contributed by atoms with Crippen molar-refractivity contribution in [3.63, 3.8) is 0 Å². The summed E-state index contributed by atoms with van der Waals surface area (Å²) >= 11 is 0. The third-order valence-electron chi connectivity index (χ3n) is 2.97. The van der Waals surface area contributed by atoms with Crippen LogP contribution >= 0.6 is 0 Å². The summed E-state index contributed by atoms with van der Waals surface area (Å²) in [6, 6.07) is 0. The average molecular weight is 450 g/mol. The number of methoxy groups -OCH3 is 1. The Bertz CT molecular complexity index is 672. The van der Waals surface area contributed by atoms with Gasteiger partial charge in [0, 0.05) is 25.7 Å². The molecule has 15 heteroatoms. The van der Waals surface area contributed by atoms with E-state index in [0.29, 0.717) is 0 Å². The molecule has 28 heavy (non-hydrogen) atoms. The highest BCUT2D eigenvalue weighted by atomic mass is 32.3. The number of hydrogen-bond donors (Lipinski definition) is 0. The summed E-state index contributed by atoms with van der Waals surface area (Å²) in [5.74, 6) is -1.13. The van der Waals surface area contributed by atoms with Crippen molar-refractivity contribution < 1.29 is 57.4 Å². The van der Waals surface area contributed by atoms with Crippen LogP contribution in [0.3, 0.4) is 0 Å². The SMILES string of the molecule is COC(=O)OC(CC(=O)CCOS(=O)(=O)OC)CC(=O)CCOS(=O)(=O)OC. The molecule has 0 aliphatic rings. The summed E-state index contributed by atoms with van der Waals surface area (Å²) in [6.07, 6.45) is -3.89. The third kappa shape index (κ3) is 12.7. The fourth-order valence-corrected chi connectivity index (χ4v) is 2.43. The highest BCUT2D eigenvalue weighted by Gasteiger charge is 2.23. The molecule has 0 bridgehead atoms. The Balaban J connectivity index is 4.62. The van der Waals surface area contributed by atoms with Crippen molar-refractivity contribution in [1.29, 1.82) is 0 Å². The van der Waals surface area contributed by atoms with E-state index >= 15 is 0 Å². The number of Topliss-reactive ketones (excluding diaryl/α,β-unsaturated/α-hetero) is 2. The molecule has 0 aromatic heterocycles. The zero-order valence-electron chi connectivity index (χ0n) is 15.4. The molecule has 0 atom stereocenters. The summed E-state index contributed by atoms with van der Waals surface area (Å²) < 4.78 is 69.8. The number of hydrogen-bond acceptors (Lipinski definition) is 13. The molecule has 0 radical (unpaired) electrons. The lowest BCUT2D eigenvalue weighted by Gasteiger charge is -2.15. The summed E-state index contributed by atoms with van der Waals surface area (Å²) in [6.45, 7) is -1.01. The van der Waals surface area contributed by atoms with Gasteiger partial charge in [0.2, 0.25) is 0 Å². The maximum absolute atomic E-state index is 11.9. The summed E-state index contributed by atoms with van der Waals surface area (Å²) in [5, 5.41) is 0. The standard InChI is InChI=1S/C13H22O13S2/c1-21-13(16)26-12(8-10(14)4-6-24-27(17,18)22-2)9-11(15)5-7-25-28(19,20)23-3/h12H,4-9H2,1-3H3. The number of rotatable bonds is 15. The molecule has 13 nitrogen and oxygen atoms in total. The van der Waals surface area contributed by atoms with E-state index in [0.717, 1.165) is 21.3 Å². The predicted molar refractivity (Wildman–Crippen MR) is 89.5 cm³/mol. The second-order valence-electron chi connectivity index (χ2n) is 4.97. The Hall–Kier alpha value is -1.65. The molecule has 0 heterocycles. The first-order valence-electron chi connectivity index (χ1n) is 7.62. The lowest BCUT2D eigenvalue weighted by Crippen LogP contribution is -2.26. The zero-order chi connectivity index (χ0) is 21.8. The Morgan fingerprint density at radius 3 is 1.46 bits per heavy atom. The maximum atomic E-state index is 11.9. The first-order valence-corrected chi connectivity index (χ1v) is 10.3. The molecule has 0 amide bonds. The van der Waals surface area contributed by atoms with Crippen LogP contribution in [0.25, 0.3) is 0 Å². The maximum Gasteiger partial charge on any atom is 0.508 e. The fourth-order valence-electron chi connectivity index (χ4n) is 1.66. The summed E-state index contributed by atoms with van der Waals surface area (Å²) in [4.78, 5) is 35.0. The van der Waals surface area contributed by atoms with E-state index < -0.39 is 70.7 Å². The van der Waals surface area contributed by atoms with Gasteiger partial charge in [-0.2, -0.15) is 16.8 Å². The fraction of sp³-hybridized carbons (Fsp3) is 0.769.